The molecule has 1 aromatic heterocycles. The fourth-order valence-corrected chi connectivity index (χ4v) is 3.02. The predicted molar refractivity (Wildman–Crippen MR) is 116 cm³/mol. The molecule has 5 N–H and O–H groups in total. The number of benzene rings is 2. The zero-order valence-electron chi connectivity index (χ0n) is 17.3. The molecule has 1 unspecified atom stereocenters. The maximum Gasteiger partial charge on any atom is 0.429 e. The van der Waals surface area contributed by atoms with E-state index in [0.717, 1.165) is 11.1 Å². The zero-order valence-corrected chi connectivity index (χ0v) is 17.3. The van der Waals surface area contributed by atoms with E-state index in [1.807, 2.05) is 0 Å². The number of hydrogen-bond acceptors (Lipinski definition) is 6. The van der Waals surface area contributed by atoms with Crippen molar-refractivity contribution in [3.05, 3.63) is 83.6 Å². The first-order chi connectivity index (χ1) is 15.0. The highest BCUT2D eigenvalue weighted by Gasteiger charge is 2.43. The Morgan fingerprint density at radius 3 is 2.28 bits per heavy atom. The lowest BCUT2D eigenvalue weighted by Gasteiger charge is -2.22. The molecule has 168 valence electrons. The Balaban J connectivity index is 1.87. The third kappa shape index (κ3) is 5.76. The van der Waals surface area contributed by atoms with E-state index in [-0.39, 0.29) is 23.2 Å². The van der Waals surface area contributed by atoms with Gasteiger partial charge < -0.3 is 21.3 Å². The second-order valence-corrected chi connectivity index (χ2v) is 7.40. The lowest BCUT2D eigenvalue weighted by atomic mass is 10.0. The molecule has 0 aliphatic heterocycles. The van der Waals surface area contributed by atoms with E-state index in [9.17, 15) is 18.3 Å². The predicted octanol–water partition coefficient (Wildman–Crippen LogP) is 4.66. The van der Waals surface area contributed by atoms with E-state index < -0.39 is 18.3 Å². The highest BCUT2D eigenvalue weighted by molar-refractivity contribution is 5.61. The van der Waals surface area contributed by atoms with Gasteiger partial charge in [0.15, 0.2) is 0 Å². The van der Waals surface area contributed by atoms with Gasteiger partial charge >= 0.3 is 6.18 Å². The van der Waals surface area contributed by atoms with Crippen molar-refractivity contribution < 1.29 is 23.0 Å². The summed E-state index contributed by atoms with van der Waals surface area (Å²) in [5.41, 5.74) is 14.0. The Kier molecular flexibility index (Phi) is 6.69. The molecular formula is C23H23F3N4O2. The van der Waals surface area contributed by atoms with Gasteiger partial charge in [-0.05, 0) is 18.9 Å². The molecule has 0 aliphatic rings. The molecule has 0 aliphatic carbocycles. The number of hydrogen-bond donors (Lipinski definition) is 3. The summed E-state index contributed by atoms with van der Waals surface area (Å²) in [6.45, 7) is 5.19. The number of aliphatic hydroxyl groups excluding tert-OH is 1. The van der Waals surface area contributed by atoms with Crippen molar-refractivity contribution in [3.63, 3.8) is 0 Å². The van der Waals surface area contributed by atoms with E-state index >= 15 is 0 Å². The molecule has 6 nitrogen and oxygen atoms in total. The van der Waals surface area contributed by atoms with Gasteiger partial charge in [-0.1, -0.05) is 60.7 Å². The summed E-state index contributed by atoms with van der Waals surface area (Å²) in [7, 11) is 0. The van der Waals surface area contributed by atoms with Gasteiger partial charge in [0.05, 0.1) is 11.7 Å². The topological polar surface area (TPSA) is 107 Å². The fraction of sp³-hybridized carbons (Fsp3) is 0.217. The molecule has 2 aromatic carbocycles. The number of aromatic nitrogens is 2. The van der Waals surface area contributed by atoms with Crippen LogP contribution in [0.15, 0.2) is 66.9 Å². The van der Waals surface area contributed by atoms with Gasteiger partial charge in [0.1, 0.15) is 5.76 Å². The highest BCUT2D eigenvalue weighted by Crippen LogP contribution is 2.37. The minimum Gasteiger partial charge on any atom is -0.511 e. The van der Waals surface area contributed by atoms with E-state index in [1.165, 1.54) is 18.2 Å². The molecule has 9 heteroatoms. The smallest absolute Gasteiger partial charge is 0.429 e. The van der Waals surface area contributed by atoms with Crippen molar-refractivity contribution in [2.24, 2.45) is 5.73 Å². The number of nitrogen functional groups attached to an aromatic ring is 1. The molecule has 0 radical (unpaired) electrons. The summed E-state index contributed by atoms with van der Waals surface area (Å²) in [6, 6.07) is 13.6. The molecule has 1 heterocycles. The summed E-state index contributed by atoms with van der Waals surface area (Å²) in [5, 5.41) is 9.36. The van der Waals surface area contributed by atoms with Crippen LogP contribution in [0.5, 0.6) is 5.88 Å². The first-order valence-corrected chi connectivity index (χ1v) is 9.70. The summed E-state index contributed by atoms with van der Waals surface area (Å²) >= 11 is 0. The number of halogens is 3. The van der Waals surface area contributed by atoms with Crippen LogP contribution in [0.4, 0.5) is 19.1 Å². The summed E-state index contributed by atoms with van der Waals surface area (Å²) in [5.74, 6) is -0.629. The van der Waals surface area contributed by atoms with E-state index in [2.05, 4.69) is 16.5 Å². The Hall–Kier alpha value is -3.59. The molecule has 0 saturated carbocycles. The normalized spacial score (nSPS) is 13.4. The molecule has 0 spiro atoms. The summed E-state index contributed by atoms with van der Waals surface area (Å²) in [4.78, 5) is 7.93. The third-order valence-corrected chi connectivity index (χ3v) is 4.77. The number of alkyl halides is 3. The van der Waals surface area contributed by atoms with Crippen LogP contribution in [0, 0.1) is 6.92 Å². The Labute approximate surface area is 183 Å². The van der Waals surface area contributed by atoms with Crippen LogP contribution in [0.3, 0.4) is 0 Å². The monoisotopic (exact) mass is 444 g/mol. The number of aryl methyl sites for hydroxylation is 1. The standard InChI is InChI=1S/C23H23F3N4O2/c1-13-3-7-17(8-4-13)21(23(24,25)26)32-20-12-19(29-22(28)30-20)16-9-5-15(6-10-16)11-18(27)14(2)31/h3-10,12,18,21,31H,2,11,27H2,1H3,(H2,28,29,30)/t18-,21?/m0/s1. The lowest BCUT2D eigenvalue weighted by molar-refractivity contribution is -0.198. The number of anilines is 1. The molecule has 3 aromatic rings. The van der Waals surface area contributed by atoms with E-state index in [4.69, 9.17) is 16.2 Å². The largest absolute Gasteiger partial charge is 0.511 e. The number of rotatable bonds is 7. The Bertz CT molecular complexity index is 1080. The maximum atomic E-state index is 13.7. The van der Waals surface area contributed by atoms with Gasteiger partial charge in [-0.3, -0.25) is 0 Å². The molecule has 0 amide bonds. The van der Waals surface area contributed by atoms with Crippen LogP contribution in [0.25, 0.3) is 11.3 Å². The Morgan fingerprint density at radius 2 is 1.72 bits per heavy atom. The molecule has 0 bridgehead atoms. The average Bonchev–Trinajstić information content (AvgIpc) is 2.72. The lowest BCUT2D eigenvalue weighted by Crippen LogP contribution is -2.26. The molecular weight excluding hydrogens is 421 g/mol. The molecule has 32 heavy (non-hydrogen) atoms. The number of aliphatic hydroxyl groups is 1. The van der Waals surface area contributed by atoms with Crippen LogP contribution >= 0.6 is 0 Å². The number of nitrogens with zero attached hydrogens (tertiary/aromatic N) is 2. The highest BCUT2D eigenvalue weighted by atomic mass is 19.4. The SMILES string of the molecule is C=C(O)[C@@H](N)Cc1ccc(-c2cc(OC(c3ccc(C)cc3)C(F)(F)F)nc(N)n2)cc1. The zero-order chi connectivity index (χ0) is 23.5. The number of nitrogens with two attached hydrogens (primary N) is 2. The van der Waals surface area contributed by atoms with Crippen LogP contribution in [-0.2, 0) is 6.42 Å². The number of ether oxygens (including phenoxy) is 1. The summed E-state index contributed by atoms with van der Waals surface area (Å²) < 4.78 is 46.3. The van der Waals surface area contributed by atoms with Gasteiger partial charge in [0.2, 0.25) is 17.9 Å². The third-order valence-electron chi connectivity index (χ3n) is 4.77. The fourth-order valence-electron chi connectivity index (χ4n) is 3.02. The van der Waals surface area contributed by atoms with Crippen molar-refractivity contribution in [1.29, 1.82) is 0 Å². The second kappa shape index (κ2) is 9.27. The first kappa shape index (κ1) is 23.1. The molecule has 0 fully saturated rings. The van der Waals surface area contributed by atoms with Crippen LogP contribution in [-0.4, -0.2) is 27.3 Å². The van der Waals surface area contributed by atoms with Gasteiger partial charge in [-0.2, -0.15) is 18.2 Å². The van der Waals surface area contributed by atoms with Crippen molar-refractivity contribution in [3.8, 4) is 17.1 Å². The first-order valence-electron chi connectivity index (χ1n) is 9.70. The van der Waals surface area contributed by atoms with Gasteiger partial charge in [-0.15, -0.1) is 0 Å². The van der Waals surface area contributed by atoms with E-state index in [0.29, 0.717) is 17.7 Å². The minimum atomic E-state index is -4.66. The Morgan fingerprint density at radius 1 is 1.09 bits per heavy atom. The van der Waals surface area contributed by atoms with Crippen LogP contribution in [0.2, 0.25) is 0 Å². The molecule has 2 atom stereocenters. The van der Waals surface area contributed by atoms with Crippen molar-refractivity contribution in [2.75, 3.05) is 5.73 Å². The van der Waals surface area contributed by atoms with Crippen molar-refractivity contribution >= 4 is 5.95 Å². The molecule has 0 saturated heterocycles. The molecule has 3 rings (SSSR count). The second-order valence-electron chi connectivity index (χ2n) is 7.40. The van der Waals surface area contributed by atoms with Gasteiger partial charge in [0.25, 0.3) is 0 Å². The van der Waals surface area contributed by atoms with Gasteiger partial charge in [-0.25, -0.2) is 4.98 Å². The van der Waals surface area contributed by atoms with Crippen LogP contribution < -0.4 is 16.2 Å². The minimum absolute atomic E-state index is 0.0482. The van der Waals surface area contributed by atoms with E-state index in [1.54, 1.807) is 43.3 Å². The summed E-state index contributed by atoms with van der Waals surface area (Å²) in [6.07, 6.45) is -6.49. The quantitative estimate of drug-likeness (QED) is 0.458. The van der Waals surface area contributed by atoms with Crippen LogP contribution in [0.1, 0.15) is 22.8 Å². The maximum absolute atomic E-state index is 13.7. The van der Waals surface area contributed by atoms with Crippen molar-refractivity contribution in [2.45, 2.75) is 31.7 Å². The van der Waals surface area contributed by atoms with Gasteiger partial charge in [0, 0.05) is 17.2 Å². The van der Waals surface area contributed by atoms with Crippen molar-refractivity contribution in [1.82, 2.24) is 9.97 Å². The average molecular weight is 444 g/mol.